The van der Waals surface area contributed by atoms with E-state index in [0.717, 1.165) is 29.0 Å². The van der Waals surface area contributed by atoms with Gasteiger partial charge in [-0.25, -0.2) is 0 Å². The second-order valence-corrected chi connectivity index (χ2v) is 7.28. The fraction of sp³-hybridized carbons (Fsp3) is 0.286. The number of carbonyl (C=O) groups excluding carboxylic acids is 2. The van der Waals surface area contributed by atoms with Crippen LogP contribution < -0.4 is 10.2 Å². The van der Waals surface area contributed by atoms with Crippen LogP contribution in [0, 0.1) is 0 Å². The third kappa shape index (κ3) is 4.93. The first-order valence-electron chi connectivity index (χ1n) is 9.95. The highest BCUT2D eigenvalue weighted by Crippen LogP contribution is 2.31. The van der Waals surface area contributed by atoms with E-state index in [-0.39, 0.29) is 36.2 Å². The summed E-state index contributed by atoms with van der Waals surface area (Å²) < 4.78 is 38.6. The van der Waals surface area contributed by atoms with E-state index >= 15 is 0 Å². The van der Waals surface area contributed by atoms with Gasteiger partial charge in [0.1, 0.15) is 0 Å². The van der Waals surface area contributed by atoms with Crippen LogP contribution in [0.15, 0.2) is 48.5 Å². The fourth-order valence-electron chi connectivity index (χ4n) is 3.36. The van der Waals surface area contributed by atoms with Crippen LogP contribution in [0.1, 0.15) is 24.8 Å². The molecule has 1 aliphatic heterocycles. The second kappa shape index (κ2) is 8.77. The number of rotatable bonds is 6. The van der Waals surface area contributed by atoms with E-state index in [1.165, 1.54) is 12.1 Å². The summed E-state index contributed by atoms with van der Waals surface area (Å²) in [7, 11) is 0. The van der Waals surface area contributed by atoms with Gasteiger partial charge in [-0.3, -0.25) is 9.59 Å². The highest BCUT2D eigenvalue weighted by atomic mass is 19.4. The molecule has 8 nitrogen and oxygen atoms in total. The largest absolute Gasteiger partial charge is 0.416 e. The van der Waals surface area contributed by atoms with Crippen molar-refractivity contribution in [1.29, 1.82) is 0 Å². The summed E-state index contributed by atoms with van der Waals surface area (Å²) >= 11 is 0. The summed E-state index contributed by atoms with van der Waals surface area (Å²) in [5.74, 6) is -0.150. The lowest BCUT2D eigenvalue weighted by Gasteiger charge is -2.16. The van der Waals surface area contributed by atoms with Crippen molar-refractivity contribution in [3.05, 3.63) is 54.1 Å². The van der Waals surface area contributed by atoms with Gasteiger partial charge in [0.15, 0.2) is 0 Å². The van der Waals surface area contributed by atoms with Gasteiger partial charge in [-0.15, -0.1) is 10.2 Å². The molecule has 11 heteroatoms. The highest BCUT2D eigenvalue weighted by molar-refractivity contribution is 5.96. The quantitative estimate of drug-likeness (QED) is 0.628. The van der Waals surface area contributed by atoms with Crippen LogP contribution in [0.2, 0.25) is 0 Å². The molecule has 32 heavy (non-hydrogen) atoms. The Bertz CT molecular complexity index is 1130. The number of tetrazole rings is 1. The number of anilines is 2. The molecule has 0 unspecified atom stereocenters. The van der Waals surface area contributed by atoms with Crippen molar-refractivity contribution in [1.82, 2.24) is 20.2 Å². The lowest BCUT2D eigenvalue weighted by Crippen LogP contribution is -2.23. The van der Waals surface area contributed by atoms with Crippen molar-refractivity contribution in [3.8, 4) is 11.4 Å². The van der Waals surface area contributed by atoms with Gasteiger partial charge >= 0.3 is 6.18 Å². The zero-order valence-corrected chi connectivity index (χ0v) is 16.8. The standard InChI is InChI=1S/C21H19F3N6O2/c22-21(23,24)15-4-1-3-14(13-15)20-26-28-30(27-20)12-10-18(31)25-16-6-8-17(9-7-16)29-11-2-5-19(29)32/h1,3-4,6-9,13H,2,5,10-12H2,(H,25,31). The van der Waals surface area contributed by atoms with E-state index in [2.05, 4.69) is 20.7 Å². The minimum Gasteiger partial charge on any atom is -0.326 e. The van der Waals surface area contributed by atoms with E-state index in [0.29, 0.717) is 18.7 Å². The second-order valence-electron chi connectivity index (χ2n) is 7.28. The molecule has 2 heterocycles. The number of nitrogens with one attached hydrogen (secondary N) is 1. The summed E-state index contributed by atoms with van der Waals surface area (Å²) in [6.07, 6.45) is -3.04. The Kier molecular flexibility index (Phi) is 5.89. The SMILES string of the molecule is O=C(CCn1nnc(-c2cccc(C(F)(F)F)c2)n1)Nc1ccc(N2CCCC2=O)cc1. The molecule has 2 amide bonds. The van der Waals surface area contributed by atoms with Crippen LogP contribution in [0.4, 0.5) is 24.5 Å². The average Bonchev–Trinajstić information content (AvgIpc) is 3.41. The summed E-state index contributed by atoms with van der Waals surface area (Å²) in [4.78, 5) is 26.9. The van der Waals surface area contributed by atoms with Crippen molar-refractivity contribution >= 4 is 23.2 Å². The number of alkyl halides is 3. The lowest BCUT2D eigenvalue weighted by molar-refractivity contribution is -0.137. The first-order valence-corrected chi connectivity index (χ1v) is 9.95. The van der Waals surface area contributed by atoms with Crippen LogP contribution in [-0.2, 0) is 22.3 Å². The zero-order valence-electron chi connectivity index (χ0n) is 16.8. The third-order valence-corrected chi connectivity index (χ3v) is 4.98. The Morgan fingerprint density at radius 1 is 1.12 bits per heavy atom. The minimum absolute atomic E-state index is 0.0450. The number of carbonyl (C=O) groups is 2. The number of halogens is 3. The van der Waals surface area contributed by atoms with Gasteiger partial charge in [0.25, 0.3) is 0 Å². The molecule has 1 aromatic heterocycles. The predicted octanol–water partition coefficient (Wildman–Crippen LogP) is 3.51. The number of aromatic nitrogens is 4. The number of nitrogens with zero attached hydrogens (tertiary/aromatic N) is 5. The molecule has 0 aliphatic carbocycles. The maximum absolute atomic E-state index is 12.9. The number of benzene rings is 2. The molecule has 3 aromatic rings. The normalized spacial score (nSPS) is 14.1. The van der Waals surface area contributed by atoms with E-state index in [1.807, 2.05) is 0 Å². The van der Waals surface area contributed by atoms with Crippen LogP contribution in [0.5, 0.6) is 0 Å². The molecule has 1 saturated heterocycles. The van der Waals surface area contributed by atoms with Crippen LogP contribution >= 0.6 is 0 Å². The van der Waals surface area contributed by atoms with Crippen molar-refractivity contribution in [2.75, 3.05) is 16.8 Å². The van der Waals surface area contributed by atoms with Crippen molar-refractivity contribution in [3.63, 3.8) is 0 Å². The van der Waals surface area contributed by atoms with Crippen molar-refractivity contribution < 1.29 is 22.8 Å². The summed E-state index contributed by atoms with van der Waals surface area (Å²) in [5.41, 5.74) is 0.763. The van der Waals surface area contributed by atoms with Gasteiger partial charge in [0.2, 0.25) is 17.6 Å². The first-order chi connectivity index (χ1) is 15.3. The topological polar surface area (TPSA) is 93.0 Å². The van der Waals surface area contributed by atoms with Gasteiger partial charge in [-0.2, -0.15) is 18.0 Å². The Morgan fingerprint density at radius 3 is 2.59 bits per heavy atom. The molecule has 0 spiro atoms. The fourth-order valence-corrected chi connectivity index (χ4v) is 3.36. The minimum atomic E-state index is -4.47. The monoisotopic (exact) mass is 444 g/mol. The maximum Gasteiger partial charge on any atom is 0.416 e. The molecular weight excluding hydrogens is 425 g/mol. The predicted molar refractivity (Wildman–Crippen MR) is 110 cm³/mol. The molecule has 0 radical (unpaired) electrons. The summed E-state index contributed by atoms with van der Waals surface area (Å²) in [6.45, 7) is 0.802. The average molecular weight is 444 g/mol. The van der Waals surface area contributed by atoms with Gasteiger partial charge in [-0.1, -0.05) is 12.1 Å². The molecule has 166 valence electrons. The molecule has 1 N–H and O–H groups in total. The molecule has 0 saturated carbocycles. The number of aryl methyl sites for hydroxylation is 1. The lowest BCUT2D eigenvalue weighted by atomic mass is 10.1. The Hall–Kier alpha value is -3.76. The van der Waals surface area contributed by atoms with Crippen molar-refractivity contribution in [2.24, 2.45) is 0 Å². The summed E-state index contributed by atoms with van der Waals surface area (Å²) in [5, 5.41) is 14.4. The molecule has 0 bridgehead atoms. The van der Waals surface area contributed by atoms with Gasteiger partial charge in [0.05, 0.1) is 12.1 Å². The third-order valence-electron chi connectivity index (χ3n) is 4.98. The van der Waals surface area contributed by atoms with E-state index < -0.39 is 11.7 Å². The summed E-state index contributed by atoms with van der Waals surface area (Å²) in [6, 6.07) is 11.6. The molecule has 2 aromatic carbocycles. The number of hydrogen-bond acceptors (Lipinski definition) is 5. The first kappa shape index (κ1) is 21.5. The molecule has 1 fully saturated rings. The smallest absolute Gasteiger partial charge is 0.326 e. The molecule has 4 rings (SSSR count). The van der Waals surface area contributed by atoms with Crippen molar-refractivity contribution in [2.45, 2.75) is 32.0 Å². The molecular formula is C21H19F3N6O2. The van der Waals surface area contributed by atoms with Gasteiger partial charge in [0, 0.05) is 36.3 Å². The Morgan fingerprint density at radius 2 is 1.91 bits per heavy atom. The number of amides is 2. The van der Waals surface area contributed by atoms with Crippen LogP contribution in [0.3, 0.4) is 0 Å². The van der Waals surface area contributed by atoms with E-state index in [9.17, 15) is 22.8 Å². The van der Waals surface area contributed by atoms with Crippen LogP contribution in [-0.4, -0.2) is 38.6 Å². The van der Waals surface area contributed by atoms with Crippen LogP contribution in [0.25, 0.3) is 11.4 Å². The Balaban J connectivity index is 1.32. The Labute approximate surface area is 181 Å². The maximum atomic E-state index is 12.9. The number of hydrogen-bond donors (Lipinski definition) is 1. The molecule has 0 atom stereocenters. The molecule has 1 aliphatic rings. The van der Waals surface area contributed by atoms with E-state index in [1.54, 1.807) is 29.2 Å². The highest BCUT2D eigenvalue weighted by Gasteiger charge is 2.30. The van der Waals surface area contributed by atoms with Gasteiger partial charge in [-0.05, 0) is 48.0 Å². The van der Waals surface area contributed by atoms with Gasteiger partial charge < -0.3 is 10.2 Å². The zero-order chi connectivity index (χ0) is 22.7. The van der Waals surface area contributed by atoms with E-state index in [4.69, 9.17) is 0 Å².